The number of aryl methyl sites for hydroxylation is 2. The van der Waals surface area contributed by atoms with E-state index < -0.39 is 0 Å². The van der Waals surface area contributed by atoms with Crippen molar-refractivity contribution in [3.05, 3.63) is 17.0 Å². The molecule has 2 saturated heterocycles. The van der Waals surface area contributed by atoms with Crippen LogP contribution in [0.25, 0.3) is 0 Å². The molecule has 0 atom stereocenters. The Labute approximate surface area is 155 Å². The highest BCUT2D eigenvalue weighted by molar-refractivity contribution is 5.79. The predicted molar refractivity (Wildman–Crippen MR) is 98.9 cm³/mol. The first kappa shape index (κ1) is 19.3. The second-order valence-electron chi connectivity index (χ2n) is 7.46. The maximum Gasteiger partial charge on any atom is 0.227 e. The van der Waals surface area contributed by atoms with Gasteiger partial charge in [0.1, 0.15) is 5.76 Å². The fraction of sp³-hybridized carbons (Fsp3) is 0.789. The van der Waals surface area contributed by atoms with Crippen molar-refractivity contribution >= 4 is 5.91 Å². The minimum absolute atomic E-state index is 0.175. The molecule has 1 amide bonds. The summed E-state index contributed by atoms with van der Waals surface area (Å²) in [5.74, 6) is 0.925. The topological polar surface area (TPSA) is 84.8 Å². The third-order valence-electron chi connectivity index (χ3n) is 5.84. The standard InChI is InChI=1S/C19H32N4O3/c1-14-18(15(2)26-21-14)13-19(24)22-8-3-16(4-9-22)23(10-7-20)17-5-11-25-12-6-17/h16-17H,3-13,20H2,1-2H3. The Bertz CT molecular complexity index is 570. The first-order valence-electron chi connectivity index (χ1n) is 9.83. The molecule has 3 heterocycles. The number of aromatic nitrogens is 1. The van der Waals surface area contributed by atoms with Crippen LogP contribution >= 0.6 is 0 Å². The lowest BCUT2D eigenvalue weighted by Crippen LogP contribution is -2.52. The van der Waals surface area contributed by atoms with Crippen molar-refractivity contribution in [1.82, 2.24) is 15.0 Å². The Morgan fingerprint density at radius 3 is 2.42 bits per heavy atom. The van der Waals surface area contributed by atoms with Crippen LogP contribution in [0.3, 0.4) is 0 Å². The number of nitrogens with zero attached hydrogens (tertiary/aromatic N) is 3. The average Bonchev–Trinajstić information content (AvgIpc) is 2.99. The van der Waals surface area contributed by atoms with Gasteiger partial charge < -0.3 is 19.9 Å². The Morgan fingerprint density at radius 1 is 1.19 bits per heavy atom. The van der Waals surface area contributed by atoms with Crippen LogP contribution in [-0.2, 0) is 16.0 Å². The molecule has 2 aliphatic rings. The van der Waals surface area contributed by atoms with Crippen molar-refractivity contribution in [2.45, 2.75) is 58.0 Å². The SMILES string of the molecule is Cc1noc(C)c1CC(=O)N1CCC(N(CCN)C2CCOCC2)CC1. The lowest BCUT2D eigenvalue weighted by Gasteiger charge is -2.43. The van der Waals surface area contributed by atoms with E-state index >= 15 is 0 Å². The molecule has 1 aromatic rings. The molecule has 3 rings (SSSR count). The molecular weight excluding hydrogens is 332 g/mol. The lowest BCUT2D eigenvalue weighted by molar-refractivity contribution is -0.132. The van der Waals surface area contributed by atoms with Crippen molar-refractivity contribution in [2.24, 2.45) is 5.73 Å². The van der Waals surface area contributed by atoms with E-state index in [1.54, 1.807) is 0 Å². The summed E-state index contributed by atoms with van der Waals surface area (Å²) >= 11 is 0. The van der Waals surface area contributed by atoms with Gasteiger partial charge in [-0.2, -0.15) is 0 Å². The predicted octanol–water partition coefficient (Wildman–Crippen LogP) is 1.26. The largest absolute Gasteiger partial charge is 0.381 e. The Kier molecular flexibility index (Phi) is 6.67. The number of carbonyl (C=O) groups excluding carboxylic acids is 1. The molecule has 0 unspecified atom stereocenters. The van der Waals surface area contributed by atoms with Gasteiger partial charge in [-0.15, -0.1) is 0 Å². The van der Waals surface area contributed by atoms with Crippen molar-refractivity contribution in [3.63, 3.8) is 0 Å². The van der Waals surface area contributed by atoms with E-state index in [1.165, 1.54) is 0 Å². The normalized spacial score (nSPS) is 20.1. The van der Waals surface area contributed by atoms with Crippen LogP contribution in [0.2, 0.25) is 0 Å². The van der Waals surface area contributed by atoms with E-state index in [0.29, 0.717) is 25.0 Å². The van der Waals surface area contributed by atoms with Gasteiger partial charge in [0.25, 0.3) is 0 Å². The zero-order valence-corrected chi connectivity index (χ0v) is 16.1. The quantitative estimate of drug-likeness (QED) is 0.818. The molecule has 2 fully saturated rings. The number of hydrogen-bond donors (Lipinski definition) is 1. The number of hydrogen-bond acceptors (Lipinski definition) is 6. The van der Waals surface area contributed by atoms with Gasteiger partial charge >= 0.3 is 0 Å². The molecule has 0 radical (unpaired) electrons. The second kappa shape index (κ2) is 8.97. The molecular formula is C19H32N4O3. The Hall–Kier alpha value is -1.44. The molecule has 7 nitrogen and oxygen atoms in total. The summed E-state index contributed by atoms with van der Waals surface area (Å²) in [6.45, 7) is 8.71. The lowest BCUT2D eigenvalue weighted by atomic mass is 9.97. The summed E-state index contributed by atoms with van der Waals surface area (Å²) in [5.41, 5.74) is 7.62. The third kappa shape index (κ3) is 4.45. The van der Waals surface area contributed by atoms with Crippen LogP contribution in [-0.4, -0.2) is 72.3 Å². The fourth-order valence-electron chi connectivity index (χ4n) is 4.29. The van der Waals surface area contributed by atoms with E-state index in [-0.39, 0.29) is 5.91 Å². The summed E-state index contributed by atoms with van der Waals surface area (Å²) in [6, 6.07) is 1.09. The maximum absolute atomic E-state index is 12.7. The van der Waals surface area contributed by atoms with Crippen molar-refractivity contribution in [3.8, 4) is 0 Å². The Balaban J connectivity index is 1.54. The summed E-state index contributed by atoms with van der Waals surface area (Å²) in [4.78, 5) is 17.3. The van der Waals surface area contributed by atoms with Gasteiger partial charge in [-0.25, -0.2) is 0 Å². The van der Waals surface area contributed by atoms with E-state index in [4.69, 9.17) is 15.0 Å². The average molecular weight is 364 g/mol. The minimum Gasteiger partial charge on any atom is -0.381 e. The van der Waals surface area contributed by atoms with Crippen LogP contribution < -0.4 is 5.73 Å². The molecule has 2 N–H and O–H groups in total. The molecule has 0 aliphatic carbocycles. The molecule has 2 aliphatic heterocycles. The van der Waals surface area contributed by atoms with E-state index in [0.717, 1.165) is 75.5 Å². The van der Waals surface area contributed by atoms with E-state index in [9.17, 15) is 4.79 Å². The zero-order chi connectivity index (χ0) is 18.5. The first-order chi connectivity index (χ1) is 12.6. The summed E-state index contributed by atoms with van der Waals surface area (Å²) < 4.78 is 10.7. The smallest absolute Gasteiger partial charge is 0.227 e. The molecule has 146 valence electrons. The van der Waals surface area contributed by atoms with E-state index in [2.05, 4.69) is 10.1 Å². The number of carbonyl (C=O) groups is 1. The van der Waals surface area contributed by atoms with Crippen LogP contribution in [0.4, 0.5) is 0 Å². The van der Waals surface area contributed by atoms with Gasteiger partial charge in [0.05, 0.1) is 12.1 Å². The molecule has 26 heavy (non-hydrogen) atoms. The highest BCUT2D eigenvalue weighted by Gasteiger charge is 2.31. The summed E-state index contributed by atoms with van der Waals surface area (Å²) in [7, 11) is 0. The van der Waals surface area contributed by atoms with Gasteiger partial charge in [0.2, 0.25) is 5.91 Å². The number of nitrogens with two attached hydrogens (primary N) is 1. The minimum atomic E-state index is 0.175. The third-order valence-corrected chi connectivity index (χ3v) is 5.84. The van der Waals surface area contributed by atoms with Gasteiger partial charge in [-0.3, -0.25) is 9.69 Å². The number of ether oxygens (including phenoxy) is 1. The van der Waals surface area contributed by atoms with Crippen molar-refractivity contribution in [1.29, 1.82) is 0 Å². The number of piperidine rings is 1. The van der Waals surface area contributed by atoms with Crippen molar-refractivity contribution < 1.29 is 14.1 Å². The van der Waals surface area contributed by atoms with Crippen LogP contribution in [0.5, 0.6) is 0 Å². The molecule has 1 aromatic heterocycles. The molecule has 0 aromatic carbocycles. The second-order valence-corrected chi connectivity index (χ2v) is 7.46. The highest BCUT2D eigenvalue weighted by Crippen LogP contribution is 2.24. The zero-order valence-electron chi connectivity index (χ0n) is 16.1. The molecule has 0 saturated carbocycles. The van der Waals surface area contributed by atoms with Crippen LogP contribution in [0.15, 0.2) is 4.52 Å². The van der Waals surface area contributed by atoms with Gasteiger partial charge in [-0.05, 0) is 39.5 Å². The Morgan fingerprint density at radius 2 is 1.85 bits per heavy atom. The monoisotopic (exact) mass is 364 g/mol. The number of rotatable bonds is 6. The first-order valence-corrected chi connectivity index (χ1v) is 9.83. The molecule has 7 heteroatoms. The van der Waals surface area contributed by atoms with Crippen LogP contribution in [0.1, 0.15) is 42.7 Å². The highest BCUT2D eigenvalue weighted by atomic mass is 16.5. The van der Waals surface area contributed by atoms with E-state index in [1.807, 2.05) is 18.7 Å². The number of amides is 1. The van der Waals surface area contributed by atoms with Crippen LogP contribution in [0, 0.1) is 13.8 Å². The summed E-state index contributed by atoms with van der Waals surface area (Å²) in [6.07, 6.45) is 4.60. The molecule has 0 bridgehead atoms. The maximum atomic E-state index is 12.7. The summed E-state index contributed by atoms with van der Waals surface area (Å²) in [5, 5.41) is 3.95. The fourth-order valence-corrected chi connectivity index (χ4v) is 4.29. The van der Waals surface area contributed by atoms with Gasteiger partial charge in [0.15, 0.2) is 0 Å². The molecule has 0 spiro atoms. The van der Waals surface area contributed by atoms with Gasteiger partial charge in [-0.1, -0.05) is 5.16 Å². The van der Waals surface area contributed by atoms with Gasteiger partial charge in [0, 0.05) is 57.0 Å². The number of likely N-dealkylation sites (tertiary alicyclic amines) is 1. The van der Waals surface area contributed by atoms with Crippen molar-refractivity contribution in [2.75, 3.05) is 39.4 Å².